The first kappa shape index (κ1) is 19.9. The Kier molecular flexibility index (Phi) is 6.92. The number of carbonyl (C=O) groups is 2. The molecule has 9 nitrogen and oxygen atoms in total. The molecule has 27 heavy (non-hydrogen) atoms. The van der Waals surface area contributed by atoms with Crippen LogP contribution in [0, 0.1) is 10.1 Å². The van der Waals surface area contributed by atoms with Gasteiger partial charge in [-0.1, -0.05) is 18.2 Å². The molecular weight excluding hydrogens is 372 g/mol. The number of nitro benzene ring substituents is 1. The smallest absolute Gasteiger partial charge is 0.270 e. The number of nitro groups is 1. The summed E-state index contributed by atoms with van der Waals surface area (Å²) >= 11 is 5.08. The summed E-state index contributed by atoms with van der Waals surface area (Å²) in [4.78, 5) is 34.5. The minimum Gasteiger partial charge on any atom is -0.395 e. The highest BCUT2D eigenvalue weighted by atomic mass is 32.1. The number of aliphatic hydroxyl groups is 1. The normalized spacial score (nSPS) is 9.96. The standard InChI is InChI=1S/C17H16N4O5S/c22-9-8-18-16(24)13-6-1-2-7-14(13)19-17(27)20-15(23)11-4-3-5-12(10-11)21(25)26/h1-7,10,22H,8-9H2,(H,18,24)(H2,19,20,23,27). The van der Waals surface area contributed by atoms with E-state index in [-0.39, 0.29) is 35.1 Å². The van der Waals surface area contributed by atoms with Gasteiger partial charge < -0.3 is 15.7 Å². The van der Waals surface area contributed by atoms with E-state index in [9.17, 15) is 19.7 Å². The van der Waals surface area contributed by atoms with Gasteiger partial charge in [0, 0.05) is 24.2 Å². The maximum Gasteiger partial charge on any atom is 0.270 e. The van der Waals surface area contributed by atoms with Crippen LogP contribution >= 0.6 is 12.2 Å². The van der Waals surface area contributed by atoms with Gasteiger partial charge in [0.15, 0.2) is 5.11 Å². The van der Waals surface area contributed by atoms with Crippen molar-refractivity contribution in [3.63, 3.8) is 0 Å². The van der Waals surface area contributed by atoms with Crippen LogP contribution in [0.5, 0.6) is 0 Å². The number of para-hydroxylation sites is 1. The summed E-state index contributed by atoms with van der Waals surface area (Å²) in [7, 11) is 0. The van der Waals surface area contributed by atoms with Gasteiger partial charge in [-0.2, -0.15) is 0 Å². The lowest BCUT2D eigenvalue weighted by Gasteiger charge is -2.13. The number of anilines is 1. The van der Waals surface area contributed by atoms with Crippen LogP contribution in [0.25, 0.3) is 0 Å². The average Bonchev–Trinajstić information content (AvgIpc) is 2.66. The molecule has 0 unspecified atom stereocenters. The van der Waals surface area contributed by atoms with Crippen molar-refractivity contribution in [2.75, 3.05) is 18.5 Å². The molecule has 0 spiro atoms. The summed E-state index contributed by atoms with van der Waals surface area (Å²) in [5.41, 5.74) is 0.491. The fourth-order valence-corrected chi connectivity index (χ4v) is 2.35. The highest BCUT2D eigenvalue weighted by Crippen LogP contribution is 2.15. The minimum atomic E-state index is -0.626. The summed E-state index contributed by atoms with van der Waals surface area (Å²) in [6.07, 6.45) is 0. The van der Waals surface area contributed by atoms with Gasteiger partial charge in [0.05, 0.1) is 22.8 Å². The number of carbonyl (C=O) groups excluding carboxylic acids is 2. The zero-order chi connectivity index (χ0) is 19.8. The number of hydrogen-bond acceptors (Lipinski definition) is 6. The first-order chi connectivity index (χ1) is 12.9. The van der Waals surface area contributed by atoms with Crippen LogP contribution in [0.2, 0.25) is 0 Å². The Morgan fingerprint density at radius 3 is 2.56 bits per heavy atom. The van der Waals surface area contributed by atoms with Crippen molar-refractivity contribution in [3.05, 3.63) is 69.8 Å². The molecular formula is C17H16N4O5S. The van der Waals surface area contributed by atoms with Crippen LogP contribution in [0.1, 0.15) is 20.7 Å². The van der Waals surface area contributed by atoms with Gasteiger partial charge in [0.25, 0.3) is 17.5 Å². The maximum absolute atomic E-state index is 12.2. The topological polar surface area (TPSA) is 134 Å². The molecule has 0 atom stereocenters. The molecule has 140 valence electrons. The summed E-state index contributed by atoms with van der Waals surface area (Å²) < 4.78 is 0. The molecule has 0 radical (unpaired) electrons. The molecule has 0 aliphatic rings. The lowest BCUT2D eigenvalue weighted by molar-refractivity contribution is -0.384. The van der Waals surface area contributed by atoms with Gasteiger partial charge in [0.2, 0.25) is 0 Å². The predicted molar refractivity (Wildman–Crippen MR) is 103 cm³/mol. The number of nitrogens with one attached hydrogen (secondary N) is 3. The van der Waals surface area contributed by atoms with E-state index in [1.54, 1.807) is 24.3 Å². The van der Waals surface area contributed by atoms with E-state index >= 15 is 0 Å². The lowest BCUT2D eigenvalue weighted by Crippen LogP contribution is -2.35. The third-order valence-electron chi connectivity index (χ3n) is 3.36. The number of non-ortho nitro benzene ring substituents is 1. The molecule has 0 aliphatic carbocycles. The molecule has 4 N–H and O–H groups in total. The van der Waals surface area contributed by atoms with Crippen molar-refractivity contribution < 1.29 is 19.6 Å². The Morgan fingerprint density at radius 1 is 1.11 bits per heavy atom. The molecule has 2 amide bonds. The Hall–Kier alpha value is -3.37. The highest BCUT2D eigenvalue weighted by molar-refractivity contribution is 7.80. The van der Waals surface area contributed by atoms with E-state index in [2.05, 4.69) is 16.0 Å². The lowest BCUT2D eigenvalue weighted by atomic mass is 10.1. The molecule has 2 aromatic rings. The Labute approximate surface area is 159 Å². The average molecular weight is 388 g/mol. The van der Waals surface area contributed by atoms with Crippen LogP contribution < -0.4 is 16.0 Å². The van der Waals surface area contributed by atoms with Crippen molar-refractivity contribution in [3.8, 4) is 0 Å². The van der Waals surface area contributed by atoms with Gasteiger partial charge in [-0.15, -0.1) is 0 Å². The maximum atomic E-state index is 12.2. The molecule has 0 bridgehead atoms. The molecule has 2 aromatic carbocycles. The Balaban J connectivity index is 2.08. The van der Waals surface area contributed by atoms with Crippen LogP contribution in [-0.2, 0) is 0 Å². The number of amides is 2. The van der Waals surface area contributed by atoms with E-state index in [0.29, 0.717) is 5.69 Å². The van der Waals surface area contributed by atoms with Crippen molar-refractivity contribution in [2.45, 2.75) is 0 Å². The van der Waals surface area contributed by atoms with E-state index in [4.69, 9.17) is 17.3 Å². The number of nitrogens with zero attached hydrogens (tertiary/aromatic N) is 1. The molecule has 0 saturated heterocycles. The predicted octanol–water partition coefficient (Wildman–Crippen LogP) is 1.44. The minimum absolute atomic E-state index is 0.0716. The van der Waals surface area contributed by atoms with E-state index < -0.39 is 16.7 Å². The number of aliphatic hydroxyl groups excluding tert-OH is 1. The molecule has 10 heteroatoms. The van der Waals surface area contributed by atoms with Crippen LogP contribution in [0.3, 0.4) is 0 Å². The number of thiocarbonyl (C=S) groups is 1. The first-order valence-corrected chi connectivity index (χ1v) is 8.18. The molecule has 0 aliphatic heterocycles. The van der Waals surface area contributed by atoms with E-state index in [1.165, 1.54) is 18.2 Å². The second-order valence-corrected chi connectivity index (χ2v) is 5.65. The summed E-state index contributed by atoms with van der Waals surface area (Å²) in [5.74, 6) is -1.04. The van der Waals surface area contributed by atoms with E-state index in [1.807, 2.05) is 0 Å². The van der Waals surface area contributed by atoms with Crippen molar-refractivity contribution in [2.24, 2.45) is 0 Å². The largest absolute Gasteiger partial charge is 0.395 e. The summed E-state index contributed by atoms with van der Waals surface area (Å²) in [6, 6.07) is 11.7. The van der Waals surface area contributed by atoms with Crippen LogP contribution in [-0.4, -0.2) is 40.1 Å². The van der Waals surface area contributed by atoms with Gasteiger partial charge in [-0.25, -0.2) is 0 Å². The zero-order valence-electron chi connectivity index (χ0n) is 14.0. The van der Waals surface area contributed by atoms with Crippen molar-refractivity contribution in [1.82, 2.24) is 10.6 Å². The second-order valence-electron chi connectivity index (χ2n) is 5.24. The van der Waals surface area contributed by atoms with Gasteiger partial charge >= 0.3 is 0 Å². The van der Waals surface area contributed by atoms with Gasteiger partial charge in [-0.3, -0.25) is 25.0 Å². The fourth-order valence-electron chi connectivity index (χ4n) is 2.14. The Morgan fingerprint density at radius 2 is 1.85 bits per heavy atom. The molecule has 0 heterocycles. The quantitative estimate of drug-likeness (QED) is 0.334. The first-order valence-electron chi connectivity index (χ1n) is 7.77. The Bertz CT molecular complexity index is 887. The molecule has 0 aromatic heterocycles. The summed E-state index contributed by atoms with van der Waals surface area (Å²) in [5, 5.41) is 27.2. The molecule has 2 rings (SSSR count). The van der Waals surface area contributed by atoms with Gasteiger partial charge in [-0.05, 0) is 30.4 Å². The number of hydrogen-bond donors (Lipinski definition) is 4. The van der Waals surface area contributed by atoms with Gasteiger partial charge in [0.1, 0.15) is 0 Å². The third-order valence-corrected chi connectivity index (χ3v) is 3.57. The monoisotopic (exact) mass is 388 g/mol. The van der Waals surface area contributed by atoms with E-state index in [0.717, 1.165) is 6.07 Å². The third kappa shape index (κ3) is 5.56. The molecule has 0 fully saturated rings. The SMILES string of the molecule is O=C(NC(=S)Nc1ccccc1C(=O)NCCO)c1cccc([N+](=O)[O-])c1. The zero-order valence-corrected chi connectivity index (χ0v) is 14.8. The number of rotatable bonds is 6. The fraction of sp³-hybridized carbons (Fsp3) is 0.118. The van der Waals surface area contributed by atoms with Crippen LogP contribution in [0.15, 0.2) is 48.5 Å². The van der Waals surface area contributed by atoms with Crippen LogP contribution in [0.4, 0.5) is 11.4 Å². The number of benzene rings is 2. The van der Waals surface area contributed by atoms with Crippen molar-refractivity contribution >= 4 is 40.5 Å². The van der Waals surface area contributed by atoms with Crippen molar-refractivity contribution in [1.29, 1.82) is 0 Å². The summed E-state index contributed by atoms with van der Waals surface area (Å²) in [6.45, 7) is -0.0971. The highest BCUT2D eigenvalue weighted by Gasteiger charge is 2.15. The second kappa shape index (κ2) is 9.36. The molecule has 0 saturated carbocycles.